The van der Waals surface area contributed by atoms with Crippen molar-refractivity contribution in [3.8, 4) is 0 Å². The number of nitrogens with one attached hydrogen (secondary N) is 1. The number of aryl methyl sites for hydroxylation is 1. The molecule has 10 heteroatoms. The highest BCUT2D eigenvalue weighted by molar-refractivity contribution is 6.31. The Kier molecular flexibility index (Phi) is 6.83. The van der Waals surface area contributed by atoms with Gasteiger partial charge in [-0.2, -0.15) is 0 Å². The molecular weight excluding hydrogens is 425 g/mol. The third-order valence-corrected chi connectivity index (χ3v) is 5.22. The topological polar surface area (TPSA) is 89.3 Å². The zero-order valence-electron chi connectivity index (χ0n) is 18.1. The van der Waals surface area contributed by atoms with Crippen LogP contribution in [0.1, 0.15) is 44.9 Å². The highest BCUT2D eigenvalue weighted by atomic mass is 35.5. The summed E-state index contributed by atoms with van der Waals surface area (Å²) in [4.78, 5) is 26.9. The quantitative estimate of drug-likeness (QED) is 0.767. The maximum atomic E-state index is 13.7. The second kappa shape index (κ2) is 9.21. The van der Waals surface area contributed by atoms with Crippen molar-refractivity contribution in [3.05, 3.63) is 50.7 Å². The Bertz CT molecular complexity index is 1020. The van der Waals surface area contributed by atoms with Gasteiger partial charge >= 0.3 is 6.09 Å². The number of hydrogen-bond donors (Lipinski definition) is 1. The summed E-state index contributed by atoms with van der Waals surface area (Å²) in [7, 11) is 0. The molecule has 1 fully saturated rings. The number of rotatable bonds is 4. The Morgan fingerprint density at radius 2 is 2.10 bits per heavy atom. The largest absolute Gasteiger partial charge is 0.444 e. The van der Waals surface area contributed by atoms with Gasteiger partial charge in [0.15, 0.2) is 0 Å². The smallest absolute Gasteiger partial charge is 0.407 e. The number of alkyl carbamates (subject to hydrolysis) is 1. The van der Waals surface area contributed by atoms with Gasteiger partial charge in [-0.15, -0.1) is 10.2 Å². The van der Waals surface area contributed by atoms with Crippen LogP contribution in [0.2, 0.25) is 5.02 Å². The highest BCUT2D eigenvalue weighted by Crippen LogP contribution is 2.22. The van der Waals surface area contributed by atoms with E-state index in [2.05, 4.69) is 15.5 Å². The second-order valence-corrected chi connectivity index (χ2v) is 9.05. The summed E-state index contributed by atoms with van der Waals surface area (Å²) in [5.41, 5.74) is -0.215. The summed E-state index contributed by atoms with van der Waals surface area (Å²) in [6.45, 7) is 8.12. The molecule has 1 aromatic carbocycles. The molecule has 0 spiro atoms. The summed E-state index contributed by atoms with van der Waals surface area (Å²) in [6, 6.07) is 3.86. The first kappa shape index (κ1) is 23.0. The van der Waals surface area contributed by atoms with Crippen LogP contribution in [-0.2, 0) is 11.3 Å². The standard InChI is InChI=1S/C21H27ClFN5O3/c1-13-18(29)28(11-14-10-15(23)7-8-17(14)22)19(26-25-13)27-9-5-6-16(12-27)24-20(30)31-21(2,3)4/h7-8,10,16H,5-6,9,11-12H2,1-4H3,(H,24,30). The summed E-state index contributed by atoms with van der Waals surface area (Å²) >= 11 is 6.22. The molecule has 0 aliphatic carbocycles. The summed E-state index contributed by atoms with van der Waals surface area (Å²) in [5, 5.41) is 11.5. The molecule has 3 rings (SSSR count). The SMILES string of the molecule is Cc1nnc(N2CCCC(NC(=O)OC(C)(C)C)C2)n(Cc2cc(F)ccc2Cl)c1=O. The van der Waals surface area contributed by atoms with Gasteiger partial charge in [-0.1, -0.05) is 11.6 Å². The van der Waals surface area contributed by atoms with Gasteiger partial charge in [-0.3, -0.25) is 9.36 Å². The molecule has 1 unspecified atom stereocenters. The minimum atomic E-state index is -0.592. The average Bonchev–Trinajstić information content (AvgIpc) is 2.67. The van der Waals surface area contributed by atoms with Gasteiger partial charge in [0, 0.05) is 24.2 Å². The predicted octanol–water partition coefficient (Wildman–Crippen LogP) is 3.28. The molecule has 1 aliphatic rings. The monoisotopic (exact) mass is 451 g/mol. The predicted molar refractivity (Wildman–Crippen MR) is 116 cm³/mol. The van der Waals surface area contributed by atoms with Gasteiger partial charge in [0.2, 0.25) is 5.95 Å². The van der Waals surface area contributed by atoms with Crippen LogP contribution in [0.25, 0.3) is 0 Å². The van der Waals surface area contributed by atoms with E-state index in [-0.39, 0.29) is 23.8 Å². The van der Waals surface area contributed by atoms with E-state index in [0.29, 0.717) is 29.6 Å². The number of ether oxygens (including phenoxy) is 1. The molecular formula is C21H27ClFN5O3. The van der Waals surface area contributed by atoms with Crippen molar-refractivity contribution in [3.63, 3.8) is 0 Å². The first-order valence-corrected chi connectivity index (χ1v) is 10.5. The molecule has 1 aromatic heterocycles. The van der Waals surface area contributed by atoms with Crippen molar-refractivity contribution in [1.29, 1.82) is 0 Å². The van der Waals surface area contributed by atoms with Crippen LogP contribution in [0.15, 0.2) is 23.0 Å². The van der Waals surface area contributed by atoms with E-state index in [1.165, 1.54) is 22.8 Å². The lowest BCUT2D eigenvalue weighted by molar-refractivity contribution is 0.0499. The van der Waals surface area contributed by atoms with Crippen LogP contribution in [0.3, 0.4) is 0 Å². The molecule has 0 saturated carbocycles. The molecule has 168 valence electrons. The number of carbonyl (C=O) groups is 1. The van der Waals surface area contributed by atoms with Gasteiger partial charge in [-0.05, 0) is 64.3 Å². The van der Waals surface area contributed by atoms with E-state index in [1.54, 1.807) is 27.7 Å². The molecule has 31 heavy (non-hydrogen) atoms. The number of halogens is 2. The van der Waals surface area contributed by atoms with Gasteiger partial charge in [-0.25, -0.2) is 9.18 Å². The van der Waals surface area contributed by atoms with E-state index in [1.807, 2.05) is 4.90 Å². The van der Waals surface area contributed by atoms with Crippen molar-refractivity contribution >= 4 is 23.6 Å². The number of amides is 1. The fourth-order valence-electron chi connectivity index (χ4n) is 3.46. The molecule has 1 saturated heterocycles. The van der Waals surface area contributed by atoms with Crippen LogP contribution < -0.4 is 15.8 Å². The lowest BCUT2D eigenvalue weighted by Crippen LogP contribution is -2.50. The van der Waals surface area contributed by atoms with E-state index in [0.717, 1.165) is 12.8 Å². The molecule has 1 N–H and O–H groups in total. The van der Waals surface area contributed by atoms with Crippen LogP contribution >= 0.6 is 11.6 Å². The first-order chi connectivity index (χ1) is 14.5. The maximum absolute atomic E-state index is 13.7. The number of carbonyl (C=O) groups excluding carboxylic acids is 1. The van der Waals surface area contributed by atoms with Crippen molar-refractivity contribution in [2.75, 3.05) is 18.0 Å². The molecule has 1 amide bonds. The summed E-state index contributed by atoms with van der Waals surface area (Å²) in [6.07, 6.45) is 1.07. The number of aromatic nitrogens is 3. The van der Waals surface area contributed by atoms with Gasteiger partial charge in [0.1, 0.15) is 17.1 Å². The molecule has 1 aliphatic heterocycles. The minimum absolute atomic E-state index is 0.0573. The Morgan fingerprint density at radius 3 is 2.81 bits per heavy atom. The number of benzene rings is 1. The Labute approximate surface area is 185 Å². The van der Waals surface area contributed by atoms with Crippen molar-refractivity contribution < 1.29 is 13.9 Å². The van der Waals surface area contributed by atoms with E-state index >= 15 is 0 Å². The van der Waals surface area contributed by atoms with Crippen molar-refractivity contribution in [1.82, 2.24) is 20.1 Å². The third kappa shape index (κ3) is 5.94. The van der Waals surface area contributed by atoms with Crippen molar-refractivity contribution in [2.24, 2.45) is 0 Å². The number of nitrogens with zero attached hydrogens (tertiary/aromatic N) is 4. The minimum Gasteiger partial charge on any atom is -0.444 e. The Balaban J connectivity index is 1.85. The van der Waals surface area contributed by atoms with Crippen LogP contribution in [0, 0.1) is 12.7 Å². The van der Waals surface area contributed by atoms with Crippen LogP contribution in [0.4, 0.5) is 15.1 Å². The number of anilines is 1. The molecule has 1 atom stereocenters. The maximum Gasteiger partial charge on any atom is 0.407 e. The van der Waals surface area contributed by atoms with Gasteiger partial charge < -0.3 is 15.0 Å². The van der Waals surface area contributed by atoms with Crippen LogP contribution in [-0.4, -0.2) is 45.6 Å². The first-order valence-electron chi connectivity index (χ1n) is 10.2. The molecule has 2 aromatic rings. The molecule has 0 bridgehead atoms. The average molecular weight is 452 g/mol. The fourth-order valence-corrected chi connectivity index (χ4v) is 3.64. The van der Waals surface area contributed by atoms with Crippen molar-refractivity contribution in [2.45, 2.75) is 58.7 Å². The second-order valence-electron chi connectivity index (χ2n) is 8.64. The number of hydrogen-bond acceptors (Lipinski definition) is 6. The Hall–Kier alpha value is -2.68. The highest BCUT2D eigenvalue weighted by Gasteiger charge is 2.27. The van der Waals surface area contributed by atoms with Gasteiger partial charge in [0.25, 0.3) is 5.56 Å². The molecule has 8 nitrogen and oxygen atoms in total. The third-order valence-electron chi connectivity index (χ3n) is 4.85. The van der Waals surface area contributed by atoms with Crippen LogP contribution in [0.5, 0.6) is 0 Å². The Morgan fingerprint density at radius 1 is 1.35 bits per heavy atom. The molecule has 0 radical (unpaired) electrons. The fraction of sp³-hybridized carbons (Fsp3) is 0.524. The summed E-state index contributed by atoms with van der Waals surface area (Å²) in [5.74, 6) is -0.0843. The lowest BCUT2D eigenvalue weighted by atomic mass is 10.1. The zero-order valence-corrected chi connectivity index (χ0v) is 18.9. The van der Waals surface area contributed by atoms with E-state index < -0.39 is 17.5 Å². The molecule has 2 heterocycles. The van der Waals surface area contributed by atoms with E-state index in [9.17, 15) is 14.0 Å². The zero-order chi connectivity index (χ0) is 22.8. The normalized spacial score (nSPS) is 16.8. The summed E-state index contributed by atoms with van der Waals surface area (Å²) < 4.78 is 20.5. The van der Waals surface area contributed by atoms with E-state index in [4.69, 9.17) is 16.3 Å². The number of piperidine rings is 1. The lowest BCUT2D eigenvalue weighted by Gasteiger charge is -2.34. The van der Waals surface area contributed by atoms with Gasteiger partial charge in [0.05, 0.1) is 6.54 Å².